The van der Waals surface area contributed by atoms with Gasteiger partial charge in [0.2, 0.25) is 5.91 Å². The lowest BCUT2D eigenvalue weighted by molar-refractivity contribution is -0.123. The lowest BCUT2D eigenvalue weighted by atomic mass is 10.0. The first-order valence-electron chi connectivity index (χ1n) is 25.2. The molecule has 0 spiro atoms. The van der Waals surface area contributed by atoms with Crippen molar-refractivity contribution in [3.05, 3.63) is 72.9 Å². The van der Waals surface area contributed by atoms with E-state index in [0.717, 1.165) is 64.2 Å². The van der Waals surface area contributed by atoms with Gasteiger partial charge in [-0.3, -0.25) is 4.79 Å². The van der Waals surface area contributed by atoms with E-state index in [9.17, 15) is 15.0 Å². The number of rotatable bonds is 45. The number of aliphatic hydroxyl groups excluding tert-OH is 2. The third kappa shape index (κ3) is 44.9. The van der Waals surface area contributed by atoms with E-state index in [0.29, 0.717) is 6.42 Å². The van der Waals surface area contributed by atoms with Gasteiger partial charge in [-0.05, 0) is 83.5 Å². The zero-order chi connectivity index (χ0) is 42.1. The van der Waals surface area contributed by atoms with Crippen LogP contribution in [-0.2, 0) is 4.79 Å². The van der Waals surface area contributed by atoms with Gasteiger partial charge in [-0.15, -0.1) is 0 Å². The van der Waals surface area contributed by atoms with Crippen molar-refractivity contribution in [3.8, 4) is 0 Å². The van der Waals surface area contributed by atoms with Gasteiger partial charge in [-0.25, -0.2) is 0 Å². The normalized spacial score (nSPS) is 13.5. The quantitative estimate of drug-likeness (QED) is 0.0424. The van der Waals surface area contributed by atoms with E-state index in [-0.39, 0.29) is 12.5 Å². The number of unbranched alkanes of at least 4 members (excludes halogenated alkanes) is 28. The zero-order valence-electron chi connectivity index (χ0n) is 38.5. The molecule has 0 saturated carbocycles. The van der Waals surface area contributed by atoms with E-state index < -0.39 is 12.1 Å². The molecule has 0 radical (unpaired) electrons. The minimum absolute atomic E-state index is 0.0918. The Morgan fingerprint density at radius 2 is 0.724 bits per heavy atom. The Morgan fingerprint density at radius 1 is 0.414 bits per heavy atom. The number of aliphatic hydroxyl groups is 2. The molecule has 0 bridgehead atoms. The molecule has 3 N–H and O–H groups in total. The first-order chi connectivity index (χ1) is 28.7. The molecule has 0 aliphatic carbocycles. The molecule has 0 aliphatic rings. The van der Waals surface area contributed by atoms with Crippen LogP contribution in [0.1, 0.15) is 245 Å². The molecule has 0 rings (SSSR count). The third-order valence-electron chi connectivity index (χ3n) is 11.1. The largest absolute Gasteiger partial charge is 0.394 e. The molecule has 4 heteroatoms. The van der Waals surface area contributed by atoms with Crippen LogP contribution in [0.3, 0.4) is 0 Å². The summed E-state index contributed by atoms with van der Waals surface area (Å²) in [6, 6.07) is -0.657. The Bertz CT molecular complexity index is 1010. The van der Waals surface area contributed by atoms with Crippen LogP contribution in [0.5, 0.6) is 0 Å². The van der Waals surface area contributed by atoms with Crippen LogP contribution >= 0.6 is 0 Å². The van der Waals surface area contributed by atoms with Gasteiger partial charge in [0, 0.05) is 6.42 Å². The van der Waals surface area contributed by atoms with Gasteiger partial charge in [0.1, 0.15) is 0 Å². The smallest absolute Gasteiger partial charge is 0.220 e. The number of allylic oxidation sites excluding steroid dienone is 11. The first-order valence-corrected chi connectivity index (χ1v) is 25.2. The molecule has 2 atom stereocenters. The van der Waals surface area contributed by atoms with E-state index in [1.54, 1.807) is 6.08 Å². The van der Waals surface area contributed by atoms with E-state index in [2.05, 4.69) is 79.9 Å². The minimum atomic E-state index is -0.880. The molecule has 0 aromatic carbocycles. The van der Waals surface area contributed by atoms with Crippen LogP contribution in [0.4, 0.5) is 0 Å². The predicted molar refractivity (Wildman–Crippen MR) is 257 cm³/mol. The summed E-state index contributed by atoms with van der Waals surface area (Å²) in [7, 11) is 0. The number of carbonyl (C=O) groups excluding carboxylic acids is 1. The van der Waals surface area contributed by atoms with Crippen LogP contribution in [0, 0.1) is 0 Å². The molecule has 2 unspecified atom stereocenters. The molecule has 0 aromatic heterocycles. The number of nitrogens with one attached hydrogen (secondary N) is 1. The Labute approximate surface area is 361 Å². The van der Waals surface area contributed by atoms with Crippen LogP contribution in [0.25, 0.3) is 0 Å². The average molecular weight is 808 g/mol. The summed E-state index contributed by atoms with van der Waals surface area (Å²) < 4.78 is 0. The van der Waals surface area contributed by atoms with Crippen LogP contribution in [-0.4, -0.2) is 34.9 Å². The summed E-state index contributed by atoms with van der Waals surface area (Å²) >= 11 is 0. The molecule has 1 amide bonds. The fourth-order valence-corrected chi connectivity index (χ4v) is 7.28. The Hall–Kier alpha value is -2.17. The molecular weight excluding hydrogens is 711 g/mol. The van der Waals surface area contributed by atoms with Crippen molar-refractivity contribution in [3.63, 3.8) is 0 Å². The molecule has 0 heterocycles. The van der Waals surface area contributed by atoms with E-state index in [1.165, 1.54) is 161 Å². The second-order valence-electron chi connectivity index (χ2n) is 16.9. The van der Waals surface area contributed by atoms with Crippen molar-refractivity contribution in [2.45, 2.75) is 257 Å². The highest BCUT2D eigenvalue weighted by molar-refractivity contribution is 5.76. The second-order valence-corrected chi connectivity index (χ2v) is 16.9. The van der Waals surface area contributed by atoms with Crippen molar-refractivity contribution in [2.75, 3.05) is 6.61 Å². The van der Waals surface area contributed by atoms with Crippen molar-refractivity contribution in [1.82, 2.24) is 5.32 Å². The number of carbonyl (C=O) groups is 1. The van der Waals surface area contributed by atoms with Gasteiger partial charge in [0.05, 0.1) is 18.8 Å². The van der Waals surface area contributed by atoms with Gasteiger partial charge in [-0.2, -0.15) is 0 Å². The van der Waals surface area contributed by atoms with Gasteiger partial charge in [-0.1, -0.05) is 228 Å². The summed E-state index contributed by atoms with van der Waals surface area (Å²) in [5.41, 5.74) is 0. The fraction of sp³-hybridized carbons (Fsp3) is 0.759. The maximum Gasteiger partial charge on any atom is 0.220 e. The van der Waals surface area contributed by atoms with Crippen LogP contribution in [0.15, 0.2) is 72.9 Å². The van der Waals surface area contributed by atoms with Crippen LogP contribution in [0.2, 0.25) is 0 Å². The lowest BCUT2D eigenvalue weighted by Crippen LogP contribution is -2.45. The van der Waals surface area contributed by atoms with E-state index in [1.807, 2.05) is 6.08 Å². The van der Waals surface area contributed by atoms with Gasteiger partial charge < -0.3 is 15.5 Å². The number of amides is 1. The number of hydrogen-bond acceptors (Lipinski definition) is 3. The maximum absolute atomic E-state index is 12.4. The van der Waals surface area contributed by atoms with Crippen molar-refractivity contribution in [1.29, 1.82) is 0 Å². The fourth-order valence-electron chi connectivity index (χ4n) is 7.28. The maximum atomic E-state index is 12.4. The topological polar surface area (TPSA) is 69.6 Å². The van der Waals surface area contributed by atoms with Crippen LogP contribution < -0.4 is 5.32 Å². The monoisotopic (exact) mass is 808 g/mol. The summed E-state index contributed by atoms with van der Waals surface area (Å²) in [6.45, 7) is 4.27. The second kappa shape index (κ2) is 49.2. The highest BCUT2D eigenvalue weighted by atomic mass is 16.3. The lowest BCUT2D eigenvalue weighted by Gasteiger charge is -2.19. The Kier molecular flexibility index (Phi) is 47.4. The summed E-state index contributed by atoms with van der Waals surface area (Å²) in [5, 5.41) is 23.1. The summed E-state index contributed by atoms with van der Waals surface area (Å²) in [5.74, 6) is -0.0918. The highest BCUT2D eigenvalue weighted by Crippen LogP contribution is 2.15. The zero-order valence-corrected chi connectivity index (χ0v) is 38.5. The van der Waals surface area contributed by atoms with Gasteiger partial charge >= 0.3 is 0 Å². The van der Waals surface area contributed by atoms with Crippen molar-refractivity contribution < 1.29 is 15.0 Å². The SMILES string of the molecule is CCCCC/C=C\C/C=C\C/C=C\CCCCCCCCC(=O)NC(CO)C(O)/C=C/CC/C=C/CC/C=C/CCCCCCCCCCCCCCCCCCC. The molecule has 0 saturated heterocycles. The van der Waals surface area contributed by atoms with E-state index in [4.69, 9.17) is 0 Å². The Morgan fingerprint density at radius 3 is 1.16 bits per heavy atom. The minimum Gasteiger partial charge on any atom is -0.394 e. The first kappa shape index (κ1) is 55.8. The summed E-state index contributed by atoms with van der Waals surface area (Å²) in [4.78, 5) is 12.4. The Balaban J connectivity index is 3.63. The highest BCUT2D eigenvalue weighted by Gasteiger charge is 2.17. The van der Waals surface area contributed by atoms with Gasteiger partial charge in [0.15, 0.2) is 0 Å². The predicted octanol–water partition coefficient (Wildman–Crippen LogP) is 16.2. The third-order valence-corrected chi connectivity index (χ3v) is 11.1. The standard InChI is InChI=1S/C54H97NO3/c1-3-5-7-9-11-13-15-17-19-21-23-24-25-26-27-28-29-30-32-33-35-37-39-41-43-45-47-49-53(57)52(51-56)55-54(58)50-48-46-44-42-40-38-36-34-31-22-20-18-16-14-12-10-8-6-4-2/h12,14,18,20,31-34,39,41,47,49,52-53,56-57H,3-11,13,15-17,19,21-30,35-38,40,42-46,48,50-51H2,1-2H3,(H,55,58)/b14-12-,20-18-,33-32+,34-31-,41-39+,49-47+. The summed E-state index contributed by atoms with van der Waals surface area (Å²) in [6.07, 6.45) is 70.4. The molecule has 0 aliphatic heterocycles. The van der Waals surface area contributed by atoms with Crippen molar-refractivity contribution >= 4 is 5.91 Å². The molecular formula is C54H97NO3. The molecule has 4 nitrogen and oxygen atoms in total. The van der Waals surface area contributed by atoms with Gasteiger partial charge in [0.25, 0.3) is 0 Å². The van der Waals surface area contributed by atoms with Crippen molar-refractivity contribution in [2.24, 2.45) is 0 Å². The average Bonchev–Trinajstić information content (AvgIpc) is 3.23. The molecule has 336 valence electrons. The molecule has 58 heavy (non-hydrogen) atoms. The molecule has 0 aromatic rings. The number of hydrogen-bond donors (Lipinski definition) is 3. The molecule has 0 fully saturated rings. The van der Waals surface area contributed by atoms with E-state index >= 15 is 0 Å².